The van der Waals surface area contributed by atoms with E-state index >= 15 is 0 Å². The lowest BCUT2D eigenvalue weighted by molar-refractivity contribution is -0.160. The van der Waals surface area contributed by atoms with Gasteiger partial charge in [0.2, 0.25) is 5.95 Å². The molecule has 2 N–H and O–H groups in total. The lowest BCUT2D eigenvalue weighted by Gasteiger charge is -2.42. The number of rotatable bonds is 8. The zero-order valence-electron chi connectivity index (χ0n) is 30.6. The van der Waals surface area contributed by atoms with Crippen LogP contribution in [0.5, 0.6) is 0 Å². The number of pyridine rings is 2. The van der Waals surface area contributed by atoms with Crippen LogP contribution in [-0.2, 0) is 28.1 Å². The summed E-state index contributed by atoms with van der Waals surface area (Å²) >= 11 is 0. The van der Waals surface area contributed by atoms with Crippen LogP contribution in [0.2, 0.25) is 0 Å². The molecule has 4 aromatic rings. The molecular weight excluding hydrogens is 628 g/mol. The van der Waals surface area contributed by atoms with Gasteiger partial charge in [-0.05, 0) is 101 Å². The molecule has 1 aromatic carbocycles. The van der Waals surface area contributed by atoms with Crippen molar-refractivity contribution >= 4 is 17.6 Å². The summed E-state index contributed by atoms with van der Waals surface area (Å²) in [6.07, 6.45) is 6.78. The topological polar surface area (TPSA) is 125 Å². The van der Waals surface area contributed by atoms with E-state index in [1.807, 2.05) is 45.9 Å². The first-order chi connectivity index (χ1) is 23.5. The minimum absolute atomic E-state index is 0.172. The molecule has 0 radical (unpaired) electrons. The molecule has 1 atom stereocenters. The number of hydrogen-bond donors (Lipinski definition) is 2. The van der Waals surface area contributed by atoms with Gasteiger partial charge in [0.05, 0.1) is 22.7 Å². The highest BCUT2D eigenvalue weighted by Crippen LogP contribution is 2.47. The van der Waals surface area contributed by atoms with E-state index in [0.717, 1.165) is 67.0 Å². The van der Waals surface area contributed by atoms with Crippen LogP contribution in [0.4, 0.5) is 11.6 Å². The molecule has 1 saturated heterocycles. The Morgan fingerprint density at radius 1 is 0.940 bits per heavy atom. The van der Waals surface area contributed by atoms with Crippen molar-refractivity contribution in [1.29, 1.82) is 0 Å². The number of carboxylic acid groups (broad SMARTS) is 1. The quantitative estimate of drug-likeness (QED) is 0.197. The third kappa shape index (κ3) is 7.51. The van der Waals surface area contributed by atoms with Crippen LogP contribution in [0.15, 0.2) is 55.0 Å². The maximum absolute atomic E-state index is 13.0. The third-order valence-electron chi connectivity index (χ3n) is 9.76. The molecule has 0 bridgehead atoms. The second-order valence-corrected chi connectivity index (χ2v) is 16.0. The molecule has 0 aliphatic carbocycles. The number of aromatic nitrogens is 4. The summed E-state index contributed by atoms with van der Waals surface area (Å²) in [5.74, 6) is -0.391. The Hall–Kier alpha value is -4.41. The zero-order valence-corrected chi connectivity index (χ0v) is 30.6. The molecule has 3 aromatic heterocycles. The van der Waals surface area contributed by atoms with Crippen LogP contribution in [-0.4, -0.2) is 61.4 Å². The molecule has 2 aliphatic heterocycles. The first-order valence-corrected chi connectivity index (χ1v) is 17.5. The largest absolute Gasteiger partial charge is 0.479 e. The van der Waals surface area contributed by atoms with Crippen molar-refractivity contribution in [3.63, 3.8) is 0 Å². The van der Waals surface area contributed by atoms with Gasteiger partial charge in [-0.15, -0.1) is 0 Å². The third-order valence-corrected chi connectivity index (χ3v) is 9.76. The first-order valence-electron chi connectivity index (χ1n) is 17.5. The Labute approximate surface area is 295 Å². The van der Waals surface area contributed by atoms with Crippen molar-refractivity contribution in [3.8, 4) is 22.4 Å². The van der Waals surface area contributed by atoms with Crippen molar-refractivity contribution in [2.24, 2.45) is 5.41 Å². The number of carbonyl (C=O) groups is 1. The van der Waals surface area contributed by atoms with Crippen LogP contribution >= 0.6 is 0 Å². The number of carboxylic acids is 1. The summed E-state index contributed by atoms with van der Waals surface area (Å²) in [7, 11) is 0. The fourth-order valence-corrected chi connectivity index (χ4v) is 7.04. The first kappa shape index (κ1) is 35.4. The second-order valence-electron chi connectivity index (χ2n) is 16.0. The van der Waals surface area contributed by atoms with Crippen LogP contribution in [0.1, 0.15) is 95.5 Å². The smallest absolute Gasteiger partial charge is 0.337 e. The highest BCUT2D eigenvalue weighted by molar-refractivity contribution is 5.88. The summed E-state index contributed by atoms with van der Waals surface area (Å²) in [4.78, 5) is 36.2. The lowest BCUT2D eigenvalue weighted by atomic mass is 9.81. The molecular formula is C40H50N6O4. The minimum atomic E-state index is -1.30. The number of aliphatic carboxylic acids is 1. The van der Waals surface area contributed by atoms with Crippen molar-refractivity contribution in [3.05, 3.63) is 83.1 Å². The number of benzene rings is 1. The van der Waals surface area contributed by atoms with Crippen molar-refractivity contribution in [1.82, 2.24) is 19.9 Å². The van der Waals surface area contributed by atoms with Crippen LogP contribution < -0.4 is 9.80 Å². The fraction of sp³-hybridized carbons (Fsp3) is 0.475. The molecule has 10 nitrogen and oxygen atoms in total. The second kappa shape index (κ2) is 13.4. The number of hydrogen-bond acceptors (Lipinski definition) is 9. The van der Waals surface area contributed by atoms with Crippen LogP contribution in [0.3, 0.4) is 0 Å². The summed E-state index contributed by atoms with van der Waals surface area (Å²) in [6, 6.07) is 12.2. The van der Waals surface area contributed by atoms with E-state index < -0.39 is 23.3 Å². The Bertz CT molecular complexity index is 1870. The van der Waals surface area contributed by atoms with Gasteiger partial charge in [-0.3, -0.25) is 9.97 Å². The van der Waals surface area contributed by atoms with Gasteiger partial charge in [0.25, 0.3) is 0 Å². The van der Waals surface area contributed by atoms with Crippen molar-refractivity contribution in [2.45, 2.75) is 98.5 Å². The average molecular weight is 679 g/mol. The van der Waals surface area contributed by atoms with E-state index in [1.54, 1.807) is 32.4 Å². The highest BCUT2D eigenvalue weighted by Gasteiger charge is 2.39. The molecule has 0 amide bonds. The molecule has 0 unspecified atom stereocenters. The Morgan fingerprint density at radius 2 is 1.68 bits per heavy atom. The lowest BCUT2D eigenvalue weighted by Crippen LogP contribution is -2.40. The molecule has 5 heterocycles. The number of nitrogens with zero attached hydrogens (tertiary/aromatic N) is 6. The van der Waals surface area contributed by atoms with Gasteiger partial charge in [0, 0.05) is 67.2 Å². The van der Waals surface area contributed by atoms with E-state index in [2.05, 4.69) is 51.8 Å². The zero-order chi connectivity index (χ0) is 36.0. The van der Waals surface area contributed by atoms with Gasteiger partial charge < -0.3 is 24.7 Å². The predicted octanol–water partition coefficient (Wildman–Crippen LogP) is 7.27. The standard InChI is InChI=1S/C40H50N6O4/c1-25-31(34(36(47)48)50-38(2,3)4)33(45-20-15-39(5,6)16-21-45)32(35(43-25)40(7,8)49)27-11-12-29-24-46(19-14-26(29)22-27)37-42-18-13-30(44-37)28-10-9-17-41-23-28/h9-13,17-18,22-23,34,49H,14-16,19-21,24H2,1-8H3,(H,47,48)/t34-/m0/s1. The van der Waals surface area contributed by atoms with Crippen LogP contribution in [0, 0.1) is 12.3 Å². The van der Waals surface area contributed by atoms with Gasteiger partial charge in [-0.2, -0.15) is 0 Å². The molecule has 0 saturated carbocycles. The Balaban J connectivity index is 1.46. The number of ether oxygens (including phenoxy) is 1. The Morgan fingerprint density at radius 3 is 2.32 bits per heavy atom. The number of aryl methyl sites for hydroxylation is 1. The molecule has 0 spiro atoms. The number of piperidine rings is 1. The van der Waals surface area contributed by atoms with Gasteiger partial charge in [-0.1, -0.05) is 32.0 Å². The predicted molar refractivity (Wildman–Crippen MR) is 196 cm³/mol. The number of fused-ring (bicyclic) bond motifs is 1. The normalized spacial score (nSPS) is 17.0. The Kier molecular flexibility index (Phi) is 9.47. The molecule has 2 aliphatic rings. The van der Waals surface area contributed by atoms with Gasteiger partial charge in [-0.25, -0.2) is 14.8 Å². The fourth-order valence-electron chi connectivity index (χ4n) is 7.04. The maximum Gasteiger partial charge on any atom is 0.337 e. The number of anilines is 2. The molecule has 6 rings (SSSR count). The summed E-state index contributed by atoms with van der Waals surface area (Å²) in [5, 5.41) is 22.3. The van der Waals surface area contributed by atoms with Crippen molar-refractivity contribution in [2.75, 3.05) is 29.4 Å². The monoisotopic (exact) mass is 678 g/mol. The maximum atomic E-state index is 13.0. The minimum Gasteiger partial charge on any atom is -0.479 e. The van der Waals surface area contributed by atoms with E-state index in [1.165, 1.54) is 11.1 Å². The number of aliphatic hydroxyl groups is 1. The van der Waals surface area contributed by atoms with Crippen LogP contribution in [0.25, 0.3) is 22.4 Å². The van der Waals surface area contributed by atoms with Gasteiger partial charge >= 0.3 is 5.97 Å². The molecule has 50 heavy (non-hydrogen) atoms. The SMILES string of the molecule is Cc1nc(C(C)(C)O)c(-c2ccc3c(c2)CCN(c2nccc(-c4cccnc4)n2)C3)c(N2CCC(C)(C)CC2)c1[C@H](OC(C)(C)C)C(=O)O. The van der Waals surface area contributed by atoms with Gasteiger partial charge in [0.15, 0.2) is 6.10 Å². The summed E-state index contributed by atoms with van der Waals surface area (Å²) < 4.78 is 6.29. The van der Waals surface area contributed by atoms with E-state index in [0.29, 0.717) is 29.4 Å². The average Bonchev–Trinajstić information content (AvgIpc) is 3.06. The van der Waals surface area contributed by atoms with E-state index in [4.69, 9.17) is 14.7 Å². The van der Waals surface area contributed by atoms with E-state index in [-0.39, 0.29) is 5.41 Å². The van der Waals surface area contributed by atoms with E-state index in [9.17, 15) is 15.0 Å². The molecule has 264 valence electrons. The highest BCUT2D eigenvalue weighted by atomic mass is 16.5. The molecule has 10 heteroatoms. The molecule has 1 fully saturated rings. The van der Waals surface area contributed by atoms with Gasteiger partial charge in [0.1, 0.15) is 5.60 Å². The van der Waals surface area contributed by atoms with Crippen molar-refractivity contribution < 1.29 is 19.7 Å². The summed E-state index contributed by atoms with van der Waals surface area (Å²) in [5.41, 5.74) is 6.36. The summed E-state index contributed by atoms with van der Waals surface area (Å²) in [6.45, 7) is 18.4.